The second-order valence-corrected chi connectivity index (χ2v) is 0. The summed E-state index contributed by atoms with van der Waals surface area (Å²) < 4.78 is 7.94. The third-order valence-corrected chi connectivity index (χ3v) is 0. The SMILES string of the molecule is [Ag+].[Mn+2].[O-2].[OH-].[O]=[Co]. The summed E-state index contributed by atoms with van der Waals surface area (Å²) >= 11 is 2.31. The molecule has 0 aliphatic rings. The van der Waals surface area contributed by atoms with Crippen molar-refractivity contribution in [2.75, 3.05) is 0 Å². The van der Waals surface area contributed by atoms with E-state index in [4.69, 9.17) is 3.87 Å². The van der Waals surface area contributed by atoms with E-state index in [-0.39, 0.29) is 50.4 Å². The van der Waals surface area contributed by atoms with Gasteiger partial charge < -0.3 is 11.0 Å². The molecule has 1 N–H and O–H groups in total. The summed E-state index contributed by atoms with van der Waals surface area (Å²) in [5.74, 6) is 0. The second-order valence-electron chi connectivity index (χ2n) is 0. The van der Waals surface area contributed by atoms with E-state index in [1.165, 1.54) is 0 Å². The van der Waals surface area contributed by atoms with E-state index in [1.54, 1.807) is 0 Å². The Kier molecular flexibility index (Phi) is 751. The molecule has 0 saturated heterocycles. The topological polar surface area (TPSA) is 75.6 Å². The summed E-state index contributed by atoms with van der Waals surface area (Å²) in [5, 5.41) is 0. The molecule has 0 amide bonds. The molecule has 3 nitrogen and oxygen atoms in total. The van der Waals surface area contributed by atoms with Crippen LogP contribution in [0.5, 0.6) is 0 Å². The van der Waals surface area contributed by atoms with Crippen LogP contribution in [0.25, 0.3) is 0 Å². The van der Waals surface area contributed by atoms with Crippen LogP contribution in [-0.4, -0.2) is 5.48 Å². The molecule has 0 saturated carbocycles. The molecular formula is HAgCoMnO3. The molecule has 0 heterocycles. The molecule has 0 aromatic carbocycles. The monoisotopic (exact) mass is 270 g/mol. The molecule has 0 aromatic heterocycles. The van der Waals surface area contributed by atoms with Crippen molar-refractivity contribution in [3.63, 3.8) is 0 Å². The van der Waals surface area contributed by atoms with Gasteiger partial charge in [0.2, 0.25) is 0 Å². The molecular weight excluding hydrogens is 270 g/mol. The number of hydrogen-bond acceptors (Lipinski definition) is 2. The van der Waals surface area contributed by atoms with Crippen molar-refractivity contribution in [3.05, 3.63) is 0 Å². The van der Waals surface area contributed by atoms with Crippen LogP contribution >= 0.6 is 0 Å². The Morgan fingerprint density at radius 3 is 1.17 bits per heavy atom. The average molecular weight is 271 g/mol. The first-order valence-corrected chi connectivity index (χ1v) is 0.561. The van der Waals surface area contributed by atoms with Crippen molar-refractivity contribution in [2.24, 2.45) is 0 Å². The molecule has 6 heavy (non-hydrogen) atoms. The van der Waals surface area contributed by atoms with Crippen LogP contribution in [0.3, 0.4) is 0 Å². The van der Waals surface area contributed by atoms with E-state index in [0.717, 1.165) is 0 Å². The maximum absolute atomic E-state index is 7.94. The Morgan fingerprint density at radius 1 is 1.17 bits per heavy atom. The zero-order valence-electron chi connectivity index (χ0n) is 2.28. The fourth-order valence-corrected chi connectivity index (χ4v) is 0. The average Bonchev–Trinajstić information content (AvgIpc) is 1.00. The summed E-state index contributed by atoms with van der Waals surface area (Å²) in [6.07, 6.45) is 0. The minimum absolute atomic E-state index is 0. The first-order chi connectivity index (χ1) is 1.00. The predicted molar refractivity (Wildman–Crippen MR) is 3.31 cm³/mol. The van der Waals surface area contributed by atoms with Gasteiger partial charge in [0.25, 0.3) is 0 Å². The van der Waals surface area contributed by atoms with Crippen LogP contribution in [-0.2, 0) is 64.5 Å². The molecule has 0 bridgehead atoms. The van der Waals surface area contributed by atoms with E-state index in [1.807, 2.05) is 0 Å². The first kappa shape index (κ1) is 51.0. The van der Waals surface area contributed by atoms with Gasteiger partial charge in [-0.2, -0.15) is 0 Å². The third-order valence-electron chi connectivity index (χ3n) is 0. The summed E-state index contributed by atoms with van der Waals surface area (Å²) in [7, 11) is 0. The summed E-state index contributed by atoms with van der Waals surface area (Å²) in [5.41, 5.74) is 0. The molecule has 0 aliphatic carbocycles. The van der Waals surface area contributed by atoms with Crippen molar-refractivity contribution in [1.29, 1.82) is 0 Å². The fraction of sp³-hybridized carbons (Fsp3) is 0. The van der Waals surface area contributed by atoms with Gasteiger partial charge in [0, 0.05) is 0 Å². The van der Waals surface area contributed by atoms with Crippen LogP contribution in [0, 0.1) is 0 Å². The Bertz CT molecular complexity index is 10.8. The third kappa shape index (κ3) is 50.0. The van der Waals surface area contributed by atoms with Crippen molar-refractivity contribution in [3.8, 4) is 0 Å². The van der Waals surface area contributed by atoms with Gasteiger partial charge in [-0.05, 0) is 0 Å². The van der Waals surface area contributed by atoms with E-state index in [2.05, 4.69) is 15.7 Å². The van der Waals surface area contributed by atoms with Crippen LogP contribution in [0.4, 0.5) is 0 Å². The second kappa shape index (κ2) is 88.4. The van der Waals surface area contributed by atoms with Gasteiger partial charge in [-0.3, -0.25) is 0 Å². The molecule has 6 heteroatoms. The molecule has 0 rings (SSSR count). The normalized spacial score (nSPS) is 0.833. The maximum atomic E-state index is 7.94. The molecule has 46 valence electrons. The van der Waals surface area contributed by atoms with Crippen molar-refractivity contribution >= 4 is 0 Å². The summed E-state index contributed by atoms with van der Waals surface area (Å²) in [6.45, 7) is 0. The zero-order chi connectivity index (χ0) is 2.00. The van der Waals surface area contributed by atoms with Gasteiger partial charge in [0.1, 0.15) is 0 Å². The minimum atomic E-state index is 0. The molecule has 0 spiro atoms. The summed E-state index contributed by atoms with van der Waals surface area (Å²) in [6, 6.07) is 0. The molecule has 0 unspecified atom stereocenters. The van der Waals surface area contributed by atoms with Gasteiger partial charge in [0.05, 0.1) is 0 Å². The zero-order valence-corrected chi connectivity index (χ0v) is 5.98. The van der Waals surface area contributed by atoms with E-state index in [9.17, 15) is 0 Å². The van der Waals surface area contributed by atoms with Crippen LogP contribution in [0.2, 0.25) is 0 Å². The van der Waals surface area contributed by atoms with Crippen LogP contribution in [0.15, 0.2) is 0 Å². The van der Waals surface area contributed by atoms with Crippen LogP contribution in [0.1, 0.15) is 0 Å². The number of rotatable bonds is 0. The number of hydrogen-bond donors (Lipinski definition) is 0. The van der Waals surface area contributed by atoms with Gasteiger partial charge in [0.15, 0.2) is 0 Å². The fourth-order valence-electron chi connectivity index (χ4n) is 0. The van der Waals surface area contributed by atoms with Crippen molar-refractivity contribution < 1.29 is 69.9 Å². The molecule has 0 aromatic rings. The Labute approximate surface area is 69.6 Å². The first-order valence-electron chi connectivity index (χ1n) is 0.136. The van der Waals surface area contributed by atoms with Crippen molar-refractivity contribution in [1.82, 2.24) is 0 Å². The van der Waals surface area contributed by atoms with E-state index < -0.39 is 0 Å². The molecule has 0 aliphatic heterocycles. The van der Waals surface area contributed by atoms with Gasteiger partial charge in [-0.25, -0.2) is 0 Å². The molecule has 0 fully saturated rings. The van der Waals surface area contributed by atoms with E-state index >= 15 is 0 Å². The standard InChI is InChI=1S/Ag.Co.Mn.H2O.2O/h;;;1H2;;/q+1;;+2;;;-2/p-1. The Balaban J connectivity index is -0.000000000833. The van der Waals surface area contributed by atoms with Crippen LogP contribution < -0.4 is 0 Å². The van der Waals surface area contributed by atoms with E-state index in [0.29, 0.717) is 0 Å². The van der Waals surface area contributed by atoms with Crippen molar-refractivity contribution in [2.45, 2.75) is 0 Å². The molecule has 1 radical (unpaired) electrons. The Morgan fingerprint density at radius 2 is 1.17 bits per heavy atom. The van der Waals surface area contributed by atoms with Gasteiger partial charge in [-0.15, -0.1) is 0 Å². The summed E-state index contributed by atoms with van der Waals surface area (Å²) in [4.78, 5) is 0. The Hall–Kier alpha value is 1.49. The van der Waals surface area contributed by atoms with Gasteiger partial charge in [-0.1, -0.05) is 0 Å². The molecule has 0 atom stereocenters. The van der Waals surface area contributed by atoms with Gasteiger partial charge >= 0.3 is 59.0 Å². The quantitative estimate of drug-likeness (QED) is 0.561. The predicted octanol–water partition coefficient (Wildman–Crippen LogP) is -0.422.